The number of unbranched alkanes of at least 4 members (excludes halogenated alkanes) is 17. The number of quaternary nitrogens is 1. The van der Waals surface area contributed by atoms with Crippen molar-refractivity contribution < 1.29 is 19.5 Å². The Morgan fingerprint density at radius 2 is 1.03 bits per heavy atom. The van der Waals surface area contributed by atoms with E-state index in [2.05, 4.69) is 6.92 Å². The lowest BCUT2D eigenvalue weighted by Gasteiger charge is -2.32. The molecule has 0 bridgehead atoms. The molecule has 0 aliphatic carbocycles. The maximum absolute atomic E-state index is 10.7. The number of carboxylic acid groups (broad SMARTS) is 1. The molecular weight excluding hydrogens is 374 g/mol. The zero-order valence-corrected chi connectivity index (χ0v) is 20.6. The summed E-state index contributed by atoms with van der Waals surface area (Å²) in [6.07, 6.45) is 24.9. The molecule has 0 rings (SSSR count). The standard InChI is InChI=1S/C26H53NO3/c1-4-5-6-7-8-9-10-11-12-13-14-15-16-17-18-19-20-21-22-25(28)23-27(2,3)24-26(29)30/h25,28H,4-24H2,1-3H3. The van der Waals surface area contributed by atoms with Gasteiger partial charge in [-0.15, -0.1) is 0 Å². The Kier molecular flexibility index (Phi) is 19.9. The Bertz CT molecular complexity index is 384. The smallest absolute Gasteiger partial charge is 0.119 e. The van der Waals surface area contributed by atoms with E-state index in [4.69, 9.17) is 0 Å². The summed E-state index contributed by atoms with van der Waals surface area (Å²) in [7, 11) is 3.66. The first-order valence-electron chi connectivity index (χ1n) is 13.1. The third-order valence-electron chi connectivity index (χ3n) is 6.15. The number of likely N-dealkylation sites (N-methyl/N-ethyl adjacent to an activating group) is 1. The SMILES string of the molecule is CCCCCCCCCCCCCCCCCCCCC(O)C[N+](C)(C)CC(=O)[O-]. The molecule has 0 aliphatic heterocycles. The fraction of sp³-hybridized carbons (Fsp3) is 0.962. The lowest BCUT2D eigenvalue weighted by Crippen LogP contribution is -2.51. The van der Waals surface area contributed by atoms with Gasteiger partial charge in [0.1, 0.15) is 19.2 Å². The molecule has 1 N–H and O–H groups in total. The molecule has 0 fully saturated rings. The van der Waals surface area contributed by atoms with E-state index < -0.39 is 12.1 Å². The highest BCUT2D eigenvalue weighted by molar-refractivity contribution is 5.65. The maximum atomic E-state index is 10.7. The van der Waals surface area contributed by atoms with Gasteiger partial charge in [0.05, 0.1) is 20.1 Å². The van der Waals surface area contributed by atoms with Crippen LogP contribution in [0.3, 0.4) is 0 Å². The molecule has 4 heteroatoms. The lowest BCUT2D eigenvalue weighted by atomic mass is 10.0. The van der Waals surface area contributed by atoms with Crippen molar-refractivity contribution in [3.8, 4) is 0 Å². The van der Waals surface area contributed by atoms with Crippen molar-refractivity contribution in [2.75, 3.05) is 27.2 Å². The summed E-state index contributed by atoms with van der Waals surface area (Å²) < 4.78 is 0.280. The largest absolute Gasteiger partial charge is 0.544 e. The predicted octanol–water partition coefficient (Wildman–Crippen LogP) is 5.61. The van der Waals surface area contributed by atoms with Crippen LogP contribution < -0.4 is 5.11 Å². The highest BCUT2D eigenvalue weighted by Gasteiger charge is 2.20. The van der Waals surface area contributed by atoms with E-state index in [1.54, 1.807) is 0 Å². The van der Waals surface area contributed by atoms with Crippen LogP contribution in [-0.4, -0.2) is 48.8 Å². The molecule has 1 atom stereocenters. The number of carboxylic acids is 1. The van der Waals surface area contributed by atoms with Crippen LogP contribution in [-0.2, 0) is 4.79 Å². The Morgan fingerprint density at radius 1 is 0.700 bits per heavy atom. The van der Waals surface area contributed by atoms with Gasteiger partial charge in [-0.25, -0.2) is 0 Å². The van der Waals surface area contributed by atoms with Crippen molar-refractivity contribution in [1.29, 1.82) is 0 Å². The molecule has 1 unspecified atom stereocenters. The third kappa shape index (κ3) is 22.1. The first-order valence-corrected chi connectivity index (χ1v) is 13.1. The van der Waals surface area contributed by atoms with Gasteiger partial charge in [0, 0.05) is 0 Å². The average Bonchev–Trinajstić information content (AvgIpc) is 2.65. The van der Waals surface area contributed by atoms with E-state index in [9.17, 15) is 15.0 Å². The minimum absolute atomic E-state index is 0.0455. The van der Waals surface area contributed by atoms with Crippen molar-refractivity contribution >= 4 is 5.97 Å². The second-order valence-corrected chi connectivity index (χ2v) is 10.1. The van der Waals surface area contributed by atoms with Crippen LogP contribution in [0, 0.1) is 0 Å². The molecule has 0 spiro atoms. The van der Waals surface area contributed by atoms with Crippen LogP contribution in [0.2, 0.25) is 0 Å². The van der Waals surface area contributed by atoms with Crippen LogP contribution in [0.4, 0.5) is 0 Å². The quantitative estimate of drug-likeness (QED) is 0.170. The number of aliphatic hydroxyl groups is 1. The van der Waals surface area contributed by atoms with Gasteiger partial charge in [0.25, 0.3) is 0 Å². The van der Waals surface area contributed by atoms with Crippen LogP contribution in [0.5, 0.6) is 0 Å². The minimum Gasteiger partial charge on any atom is -0.544 e. The number of aliphatic carboxylic acids is 1. The highest BCUT2D eigenvalue weighted by Crippen LogP contribution is 2.15. The Morgan fingerprint density at radius 3 is 1.37 bits per heavy atom. The van der Waals surface area contributed by atoms with Crippen molar-refractivity contribution in [2.45, 2.75) is 135 Å². The number of aliphatic hydroxyl groups excluding tert-OH is 1. The number of nitrogens with zero attached hydrogens (tertiary/aromatic N) is 1. The van der Waals surface area contributed by atoms with Gasteiger partial charge < -0.3 is 19.5 Å². The molecule has 0 heterocycles. The second kappa shape index (κ2) is 20.3. The Balaban J connectivity index is 3.27. The molecule has 0 aromatic carbocycles. The monoisotopic (exact) mass is 427 g/mol. The third-order valence-corrected chi connectivity index (χ3v) is 6.15. The molecule has 0 saturated carbocycles. The topological polar surface area (TPSA) is 60.4 Å². The summed E-state index contributed by atoms with van der Waals surface area (Å²) in [5.41, 5.74) is 0. The van der Waals surface area contributed by atoms with Gasteiger partial charge in [0.2, 0.25) is 0 Å². The average molecular weight is 428 g/mol. The molecule has 30 heavy (non-hydrogen) atoms. The van der Waals surface area contributed by atoms with Crippen LogP contribution >= 0.6 is 0 Å². The summed E-state index contributed by atoms with van der Waals surface area (Å²) in [6.45, 7) is 2.71. The van der Waals surface area contributed by atoms with E-state index in [1.807, 2.05) is 14.1 Å². The van der Waals surface area contributed by atoms with Gasteiger partial charge in [-0.05, 0) is 6.42 Å². The Labute approximate surface area is 188 Å². The van der Waals surface area contributed by atoms with Gasteiger partial charge in [-0.2, -0.15) is 0 Å². The molecule has 4 nitrogen and oxygen atoms in total. The van der Waals surface area contributed by atoms with Crippen molar-refractivity contribution in [3.63, 3.8) is 0 Å². The first kappa shape index (κ1) is 29.4. The lowest BCUT2D eigenvalue weighted by molar-refractivity contribution is -0.887. The predicted molar refractivity (Wildman–Crippen MR) is 126 cm³/mol. The van der Waals surface area contributed by atoms with Gasteiger partial charge in [-0.3, -0.25) is 0 Å². The molecule has 0 aliphatic rings. The molecule has 0 aromatic rings. The van der Waals surface area contributed by atoms with Crippen molar-refractivity contribution in [3.05, 3.63) is 0 Å². The zero-order chi connectivity index (χ0) is 22.5. The first-order chi connectivity index (χ1) is 14.4. The van der Waals surface area contributed by atoms with E-state index in [1.165, 1.54) is 109 Å². The zero-order valence-electron chi connectivity index (χ0n) is 20.6. The van der Waals surface area contributed by atoms with Gasteiger partial charge in [-0.1, -0.05) is 122 Å². The van der Waals surface area contributed by atoms with Crippen LogP contribution in [0.1, 0.15) is 129 Å². The van der Waals surface area contributed by atoms with E-state index in [0.717, 1.165) is 12.8 Å². The fourth-order valence-electron chi connectivity index (χ4n) is 4.36. The number of hydrogen-bond acceptors (Lipinski definition) is 3. The fourth-order valence-corrected chi connectivity index (χ4v) is 4.36. The van der Waals surface area contributed by atoms with Gasteiger partial charge >= 0.3 is 0 Å². The number of carbonyl (C=O) groups is 1. The normalized spacial score (nSPS) is 12.9. The minimum atomic E-state index is -1.06. The van der Waals surface area contributed by atoms with E-state index in [-0.39, 0.29) is 11.0 Å². The second-order valence-electron chi connectivity index (χ2n) is 10.1. The molecule has 0 saturated heterocycles. The number of carbonyl (C=O) groups excluding carboxylic acids is 1. The van der Waals surface area contributed by atoms with Gasteiger partial charge in [0.15, 0.2) is 0 Å². The maximum Gasteiger partial charge on any atom is 0.119 e. The van der Waals surface area contributed by atoms with Crippen LogP contribution in [0.25, 0.3) is 0 Å². The van der Waals surface area contributed by atoms with Crippen molar-refractivity contribution in [1.82, 2.24) is 0 Å². The van der Waals surface area contributed by atoms with Crippen LogP contribution in [0.15, 0.2) is 0 Å². The van der Waals surface area contributed by atoms with E-state index >= 15 is 0 Å². The summed E-state index contributed by atoms with van der Waals surface area (Å²) in [5, 5.41) is 20.8. The summed E-state index contributed by atoms with van der Waals surface area (Å²) >= 11 is 0. The number of rotatable bonds is 23. The Hall–Kier alpha value is -0.610. The number of hydrogen-bond donors (Lipinski definition) is 1. The van der Waals surface area contributed by atoms with E-state index in [0.29, 0.717) is 6.54 Å². The molecular formula is C26H53NO3. The summed E-state index contributed by atoms with van der Waals surface area (Å²) in [4.78, 5) is 10.7. The molecule has 0 radical (unpaired) electrons. The van der Waals surface area contributed by atoms with Crippen molar-refractivity contribution in [2.24, 2.45) is 0 Å². The summed E-state index contributed by atoms with van der Waals surface area (Å²) in [6, 6.07) is 0. The molecule has 180 valence electrons. The molecule has 0 amide bonds. The summed E-state index contributed by atoms with van der Waals surface area (Å²) in [5.74, 6) is -1.06. The molecule has 0 aromatic heterocycles. The highest BCUT2D eigenvalue weighted by atomic mass is 16.4.